The molecule has 0 atom stereocenters. The van der Waals surface area contributed by atoms with Crippen LogP contribution in [0.1, 0.15) is 46.0 Å². The van der Waals surface area contributed by atoms with Crippen LogP contribution in [0.3, 0.4) is 0 Å². The monoisotopic (exact) mass is 292 g/mol. The van der Waals surface area contributed by atoms with Crippen molar-refractivity contribution in [2.24, 2.45) is 0 Å². The first kappa shape index (κ1) is 15.5. The molecule has 1 N–H and O–H groups in total. The fraction of sp³-hybridized carbons (Fsp3) is 0.667. The third-order valence-electron chi connectivity index (χ3n) is 3.60. The summed E-state index contributed by atoms with van der Waals surface area (Å²) in [6.07, 6.45) is 5.47. The number of pyridine rings is 1. The minimum absolute atomic E-state index is 0.112. The molecule has 21 heavy (non-hydrogen) atoms. The van der Waals surface area contributed by atoms with E-state index in [1.807, 2.05) is 0 Å². The van der Waals surface area contributed by atoms with E-state index in [1.165, 1.54) is 6.07 Å². The van der Waals surface area contributed by atoms with Crippen molar-refractivity contribution in [2.75, 3.05) is 23.3 Å². The van der Waals surface area contributed by atoms with Crippen LogP contribution in [0.4, 0.5) is 17.3 Å². The SMILES string of the molecule is CCCCN(c1cc([N+](=O)[O-])cc(NCCC)n1)C1CC1. The summed E-state index contributed by atoms with van der Waals surface area (Å²) in [5.74, 6) is 1.34. The quantitative estimate of drug-likeness (QED) is 0.556. The molecule has 0 aliphatic heterocycles. The Bertz CT molecular complexity index is 489. The van der Waals surface area contributed by atoms with Crippen molar-refractivity contribution >= 4 is 17.3 Å². The molecule has 0 aromatic carbocycles. The molecule has 0 spiro atoms. The second-order valence-corrected chi connectivity index (χ2v) is 5.53. The summed E-state index contributed by atoms with van der Waals surface area (Å²) >= 11 is 0. The van der Waals surface area contributed by atoms with E-state index in [0.717, 1.165) is 51.0 Å². The van der Waals surface area contributed by atoms with E-state index in [4.69, 9.17) is 0 Å². The van der Waals surface area contributed by atoms with Crippen LogP contribution in [0.5, 0.6) is 0 Å². The van der Waals surface area contributed by atoms with E-state index >= 15 is 0 Å². The summed E-state index contributed by atoms with van der Waals surface area (Å²) in [5.41, 5.74) is 0.112. The Labute approximate surface area is 125 Å². The second kappa shape index (κ2) is 7.24. The molecule has 2 rings (SSSR count). The number of rotatable bonds is 9. The van der Waals surface area contributed by atoms with E-state index < -0.39 is 0 Å². The van der Waals surface area contributed by atoms with Gasteiger partial charge >= 0.3 is 0 Å². The highest BCUT2D eigenvalue weighted by atomic mass is 16.6. The van der Waals surface area contributed by atoms with Gasteiger partial charge in [-0.15, -0.1) is 0 Å². The number of nitrogens with zero attached hydrogens (tertiary/aromatic N) is 3. The van der Waals surface area contributed by atoms with Gasteiger partial charge in [0, 0.05) is 19.1 Å². The van der Waals surface area contributed by atoms with E-state index in [1.54, 1.807) is 6.07 Å². The Kier molecular flexibility index (Phi) is 5.36. The van der Waals surface area contributed by atoms with E-state index in [0.29, 0.717) is 11.9 Å². The van der Waals surface area contributed by atoms with Crippen LogP contribution in [0.15, 0.2) is 12.1 Å². The van der Waals surface area contributed by atoms with Gasteiger partial charge in [-0.25, -0.2) is 4.98 Å². The molecule has 0 saturated heterocycles. The number of unbranched alkanes of at least 4 members (excludes halogenated alkanes) is 1. The van der Waals surface area contributed by atoms with Gasteiger partial charge in [0.05, 0.1) is 17.1 Å². The molecule has 6 heteroatoms. The van der Waals surface area contributed by atoms with Gasteiger partial charge in [-0.05, 0) is 25.7 Å². The first-order chi connectivity index (χ1) is 10.2. The minimum atomic E-state index is -0.340. The number of anilines is 2. The summed E-state index contributed by atoms with van der Waals surface area (Å²) < 4.78 is 0. The molecule has 0 bridgehead atoms. The molecule has 6 nitrogen and oxygen atoms in total. The summed E-state index contributed by atoms with van der Waals surface area (Å²) in [6, 6.07) is 3.62. The van der Waals surface area contributed by atoms with Crippen LogP contribution in [0, 0.1) is 10.1 Å². The Hall–Kier alpha value is -1.85. The molecule has 0 radical (unpaired) electrons. The molecular formula is C15H24N4O2. The standard InChI is InChI=1S/C15H24N4O2/c1-3-5-9-18(12-6-7-12)15-11-13(19(20)21)10-14(17-15)16-8-4-2/h10-12H,3-9H2,1-2H3,(H,16,17). The average Bonchev–Trinajstić information content (AvgIpc) is 3.30. The van der Waals surface area contributed by atoms with Crippen LogP contribution < -0.4 is 10.2 Å². The highest BCUT2D eigenvalue weighted by Gasteiger charge is 2.30. The Morgan fingerprint density at radius 2 is 2.14 bits per heavy atom. The first-order valence-electron chi connectivity index (χ1n) is 7.82. The number of nitrogens with one attached hydrogen (secondary N) is 1. The first-order valence-corrected chi connectivity index (χ1v) is 7.82. The Balaban J connectivity index is 2.25. The van der Waals surface area contributed by atoms with Gasteiger partial charge in [0.15, 0.2) is 0 Å². The summed E-state index contributed by atoms with van der Waals surface area (Å²) in [4.78, 5) is 17.6. The van der Waals surface area contributed by atoms with Crippen LogP contribution >= 0.6 is 0 Å². The van der Waals surface area contributed by atoms with Crippen LogP contribution in [-0.2, 0) is 0 Å². The lowest BCUT2D eigenvalue weighted by molar-refractivity contribution is -0.384. The highest BCUT2D eigenvalue weighted by Crippen LogP contribution is 2.33. The maximum absolute atomic E-state index is 11.1. The number of hydrogen-bond acceptors (Lipinski definition) is 5. The average molecular weight is 292 g/mol. The van der Waals surface area contributed by atoms with Gasteiger partial charge in [-0.3, -0.25) is 10.1 Å². The van der Waals surface area contributed by atoms with Gasteiger partial charge in [0.2, 0.25) is 0 Å². The molecule has 1 heterocycles. The van der Waals surface area contributed by atoms with Gasteiger partial charge in [-0.2, -0.15) is 0 Å². The van der Waals surface area contributed by atoms with Crippen molar-refractivity contribution < 1.29 is 4.92 Å². The minimum Gasteiger partial charge on any atom is -0.370 e. The summed E-state index contributed by atoms with van der Waals surface area (Å²) in [7, 11) is 0. The molecule has 1 fully saturated rings. The molecule has 1 aliphatic carbocycles. The van der Waals surface area contributed by atoms with Gasteiger partial charge < -0.3 is 10.2 Å². The smallest absolute Gasteiger partial charge is 0.276 e. The fourth-order valence-corrected chi connectivity index (χ4v) is 2.30. The van der Waals surface area contributed by atoms with Gasteiger partial charge in [-0.1, -0.05) is 20.3 Å². The van der Waals surface area contributed by atoms with Gasteiger partial charge in [0.25, 0.3) is 5.69 Å². The maximum Gasteiger partial charge on any atom is 0.276 e. The molecular weight excluding hydrogens is 268 g/mol. The molecule has 1 aromatic rings. The third-order valence-corrected chi connectivity index (χ3v) is 3.60. The fourth-order valence-electron chi connectivity index (χ4n) is 2.30. The van der Waals surface area contributed by atoms with Crippen molar-refractivity contribution in [2.45, 2.75) is 52.0 Å². The molecule has 1 aromatic heterocycles. The van der Waals surface area contributed by atoms with Crippen LogP contribution in [-0.4, -0.2) is 29.0 Å². The van der Waals surface area contributed by atoms with E-state index in [9.17, 15) is 10.1 Å². The number of nitro groups is 1. The Morgan fingerprint density at radius 1 is 1.38 bits per heavy atom. The lowest BCUT2D eigenvalue weighted by Gasteiger charge is -2.23. The molecule has 116 valence electrons. The van der Waals surface area contributed by atoms with Crippen LogP contribution in [0.25, 0.3) is 0 Å². The van der Waals surface area contributed by atoms with Crippen molar-refractivity contribution in [3.8, 4) is 0 Å². The van der Waals surface area contributed by atoms with E-state index in [-0.39, 0.29) is 10.6 Å². The van der Waals surface area contributed by atoms with E-state index in [2.05, 4.69) is 29.0 Å². The summed E-state index contributed by atoms with van der Waals surface area (Å²) in [5, 5.41) is 14.3. The zero-order valence-corrected chi connectivity index (χ0v) is 12.8. The molecule has 1 saturated carbocycles. The molecule has 0 unspecified atom stereocenters. The number of aromatic nitrogens is 1. The van der Waals surface area contributed by atoms with Crippen LogP contribution in [0.2, 0.25) is 0 Å². The number of hydrogen-bond donors (Lipinski definition) is 1. The maximum atomic E-state index is 11.1. The van der Waals surface area contributed by atoms with Crippen molar-refractivity contribution in [3.63, 3.8) is 0 Å². The van der Waals surface area contributed by atoms with Crippen molar-refractivity contribution in [1.29, 1.82) is 0 Å². The zero-order chi connectivity index (χ0) is 15.2. The predicted octanol–water partition coefficient (Wildman–Crippen LogP) is 3.58. The lowest BCUT2D eigenvalue weighted by atomic mass is 10.3. The van der Waals surface area contributed by atoms with Gasteiger partial charge in [0.1, 0.15) is 11.6 Å². The van der Waals surface area contributed by atoms with Crippen molar-refractivity contribution in [1.82, 2.24) is 4.98 Å². The zero-order valence-electron chi connectivity index (χ0n) is 12.8. The second-order valence-electron chi connectivity index (χ2n) is 5.53. The molecule has 0 amide bonds. The third kappa shape index (κ3) is 4.31. The highest BCUT2D eigenvalue weighted by molar-refractivity contribution is 5.56. The summed E-state index contributed by atoms with van der Waals surface area (Å²) in [6.45, 7) is 5.90. The Morgan fingerprint density at radius 3 is 2.71 bits per heavy atom. The predicted molar refractivity (Wildman–Crippen MR) is 84.9 cm³/mol. The topological polar surface area (TPSA) is 71.3 Å². The lowest BCUT2D eigenvalue weighted by Crippen LogP contribution is -2.28. The van der Waals surface area contributed by atoms with Crippen molar-refractivity contribution in [3.05, 3.63) is 22.2 Å². The largest absolute Gasteiger partial charge is 0.370 e. The normalized spacial score (nSPS) is 14.0. The molecule has 1 aliphatic rings.